The third-order valence-electron chi connectivity index (χ3n) is 4.99. The summed E-state index contributed by atoms with van der Waals surface area (Å²) in [6.45, 7) is 1.58. The van der Waals surface area contributed by atoms with Gasteiger partial charge >= 0.3 is 6.03 Å². The number of methoxy groups -OCH3 is 1. The van der Waals surface area contributed by atoms with Crippen LogP contribution < -0.4 is 10.1 Å². The molecule has 4 rings (SSSR count). The molecule has 3 heterocycles. The quantitative estimate of drug-likeness (QED) is 0.624. The Morgan fingerprint density at radius 3 is 2.83 bits per heavy atom. The second kappa shape index (κ2) is 8.36. The van der Waals surface area contributed by atoms with Crippen LogP contribution in [0, 0.1) is 0 Å². The van der Waals surface area contributed by atoms with Crippen molar-refractivity contribution in [2.24, 2.45) is 7.05 Å². The van der Waals surface area contributed by atoms with E-state index in [4.69, 9.17) is 9.47 Å². The monoisotopic (exact) mass is 396 g/mol. The maximum Gasteiger partial charge on any atom is 0.322 e. The van der Waals surface area contributed by atoms with Crippen LogP contribution in [-0.2, 0) is 18.2 Å². The fraction of sp³-hybridized carbons (Fsp3) is 0.350. The van der Waals surface area contributed by atoms with Gasteiger partial charge in [0.15, 0.2) is 0 Å². The van der Waals surface area contributed by atoms with Crippen LogP contribution in [0.25, 0.3) is 0 Å². The zero-order chi connectivity index (χ0) is 20.2. The van der Waals surface area contributed by atoms with Gasteiger partial charge in [0.25, 0.3) is 0 Å². The Morgan fingerprint density at radius 1 is 1.28 bits per heavy atom. The van der Waals surface area contributed by atoms with E-state index >= 15 is 0 Å². The van der Waals surface area contributed by atoms with Crippen molar-refractivity contribution < 1.29 is 14.3 Å². The van der Waals surface area contributed by atoms with Gasteiger partial charge in [0, 0.05) is 44.7 Å². The standard InChI is InChI=1S/C20H24N6O3/c1-25-17(7-9-23-25)19-18-16(21-13-22-18)8-10-26(19)20(27)24-14-3-5-15(6-4-14)29-12-11-28-2/h3-7,9,13,19H,8,10-12H2,1-2H3,(H,21,22)(H,24,27)/t19-/m0/s1. The van der Waals surface area contributed by atoms with Crippen LogP contribution in [0.4, 0.5) is 10.5 Å². The van der Waals surface area contributed by atoms with Crippen molar-refractivity contribution in [3.8, 4) is 5.75 Å². The van der Waals surface area contributed by atoms with Crippen molar-refractivity contribution >= 4 is 11.7 Å². The van der Waals surface area contributed by atoms with E-state index in [2.05, 4.69) is 20.4 Å². The molecular formula is C20H24N6O3. The highest BCUT2D eigenvalue weighted by Crippen LogP contribution is 2.33. The van der Waals surface area contributed by atoms with E-state index in [0.717, 1.165) is 29.3 Å². The highest BCUT2D eigenvalue weighted by atomic mass is 16.5. The average Bonchev–Trinajstić information content (AvgIpc) is 3.37. The molecule has 1 aromatic carbocycles. The molecule has 3 aromatic rings. The van der Waals surface area contributed by atoms with Crippen molar-refractivity contribution in [1.29, 1.82) is 0 Å². The van der Waals surface area contributed by atoms with Gasteiger partial charge in [-0.15, -0.1) is 0 Å². The van der Waals surface area contributed by atoms with Gasteiger partial charge in [0.1, 0.15) is 18.4 Å². The van der Waals surface area contributed by atoms with E-state index in [1.165, 1.54) is 0 Å². The number of nitrogens with zero attached hydrogens (tertiary/aromatic N) is 4. The van der Waals surface area contributed by atoms with Gasteiger partial charge in [-0.05, 0) is 30.3 Å². The van der Waals surface area contributed by atoms with Gasteiger partial charge in [0.2, 0.25) is 0 Å². The molecule has 0 aliphatic carbocycles. The van der Waals surface area contributed by atoms with Crippen LogP contribution in [0.2, 0.25) is 0 Å². The van der Waals surface area contributed by atoms with Crippen LogP contribution in [0.5, 0.6) is 5.75 Å². The molecular weight excluding hydrogens is 372 g/mol. The lowest BCUT2D eigenvalue weighted by atomic mass is 10.00. The topological polar surface area (TPSA) is 97.3 Å². The summed E-state index contributed by atoms with van der Waals surface area (Å²) in [6.07, 6.45) is 4.13. The number of benzene rings is 1. The summed E-state index contributed by atoms with van der Waals surface area (Å²) in [4.78, 5) is 22.6. The number of amides is 2. The molecule has 9 nitrogen and oxygen atoms in total. The third kappa shape index (κ3) is 3.95. The Kier molecular flexibility index (Phi) is 5.48. The SMILES string of the molecule is COCCOc1ccc(NC(=O)N2CCc3[nH]cnc3[C@@H]2c2ccnn2C)cc1. The molecule has 0 bridgehead atoms. The number of urea groups is 1. The number of aromatic nitrogens is 4. The molecule has 1 atom stereocenters. The average molecular weight is 396 g/mol. The summed E-state index contributed by atoms with van der Waals surface area (Å²) in [7, 11) is 3.50. The highest BCUT2D eigenvalue weighted by Gasteiger charge is 2.35. The van der Waals surface area contributed by atoms with Crippen molar-refractivity contribution in [2.75, 3.05) is 32.2 Å². The number of nitrogens with one attached hydrogen (secondary N) is 2. The minimum absolute atomic E-state index is 0.182. The molecule has 2 amide bonds. The molecule has 0 radical (unpaired) electrons. The number of carbonyl (C=O) groups is 1. The number of carbonyl (C=O) groups excluding carboxylic acids is 1. The van der Waals surface area contributed by atoms with Gasteiger partial charge in [-0.2, -0.15) is 5.10 Å². The number of fused-ring (bicyclic) bond motifs is 1. The summed E-state index contributed by atoms with van der Waals surface area (Å²) in [5, 5.41) is 7.24. The molecule has 0 fully saturated rings. The summed E-state index contributed by atoms with van der Waals surface area (Å²) < 4.78 is 12.3. The number of hydrogen-bond acceptors (Lipinski definition) is 5. The van der Waals surface area contributed by atoms with E-state index in [0.29, 0.717) is 25.4 Å². The zero-order valence-electron chi connectivity index (χ0n) is 16.5. The maximum absolute atomic E-state index is 13.1. The van der Waals surface area contributed by atoms with Crippen LogP contribution in [-0.4, -0.2) is 57.5 Å². The van der Waals surface area contributed by atoms with Gasteiger partial charge in [-0.25, -0.2) is 9.78 Å². The normalized spacial score (nSPS) is 15.8. The minimum Gasteiger partial charge on any atom is -0.491 e. The molecule has 152 valence electrons. The number of aryl methyl sites for hydroxylation is 1. The molecule has 29 heavy (non-hydrogen) atoms. The molecule has 2 N–H and O–H groups in total. The van der Waals surface area contributed by atoms with Gasteiger partial charge < -0.3 is 24.7 Å². The number of hydrogen-bond donors (Lipinski definition) is 2. The number of H-pyrrole nitrogens is 1. The first-order valence-corrected chi connectivity index (χ1v) is 9.47. The lowest BCUT2D eigenvalue weighted by molar-refractivity contribution is 0.146. The molecule has 0 spiro atoms. The van der Waals surface area contributed by atoms with E-state index in [1.54, 1.807) is 29.2 Å². The maximum atomic E-state index is 13.1. The lowest BCUT2D eigenvalue weighted by Gasteiger charge is -2.34. The Hall–Kier alpha value is -3.33. The summed E-state index contributed by atoms with van der Waals surface area (Å²) in [5.41, 5.74) is 3.52. The fourth-order valence-corrected chi connectivity index (χ4v) is 3.52. The Morgan fingerprint density at radius 2 is 2.10 bits per heavy atom. The highest BCUT2D eigenvalue weighted by molar-refractivity contribution is 5.90. The van der Waals surface area contributed by atoms with E-state index < -0.39 is 0 Å². The predicted octanol–water partition coefficient (Wildman–Crippen LogP) is 2.35. The molecule has 2 aromatic heterocycles. The molecule has 9 heteroatoms. The predicted molar refractivity (Wildman–Crippen MR) is 107 cm³/mol. The van der Waals surface area contributed by atoms with E-state index in [9.17, 15) is 4.79 Å². The molecule has 0 saturated carbocycles. The zero-order valence-corrected chi connectivity index (χ0v) is 16.5. The first-order chi connectivity index (χ1) is 14.2. The van der Waals surface area contributed by atoms with Gasteiger partial charge in [-0.1, -0.05) is 0 Å². The molecule has 1 aliphatic rings. The summed E-state index contributed by atoms with van der Waals surface area (Å²) in [6, 6.07) is 8.73. The van der Waals surface area contributed by atoms with E-state index in [-0.39, 0.29) is 12.1 Å². The number of aromatic amines is 1. The van der Waals surface area contributed by atoms with Crippen molar-refractivity contribution in [1.82, 2.24) is 24.6 Å². The van der Waals surface area contributed by atoms with Crippen molar-refractivity contribution in [3.05, 3.63) is 59.9 Å². The Balaban J connectivity index is 1.51. The first kappa shape index (κ1) is 19.0. The summed E-state index contributed by atoms with van der Waals surface area (Å²) >= 11 is 0. The van der Waals surface area contributed by atoms with Gasteiger partial charge in [0.05, 0.1) is 24.3 Å². The number of ether oxygens (including phenoxy) is 2. The van der Waals surface area contributed by atoms with Crippen LogP contribution in [0.1, 0.15) is 23.1 Å². The second-order valence-corrected chi connectivity index (χ2v) is 6.79. The lowest BCUT2D eigenvalue weighted by Crippen LogP contribution is -2.43. The molecule has 0 saturated heterocycles. The summed E-state index contributed by atoms with van der Waals surface area (Å²) in [5.74, 6) is 0.729. The van der Waals surface area contributed by atoms with Gasteiger partial charge in [-0.3, -0.25) is 4.68 Å². The minimum atomic E-state index is -0.297. The fourth-order valence-electron chi connectivity index (χ4n) is 3.52. The van der Waals surface area contributed by atoms with Crippen LogP contribution >= 0.6 is 0 Å². The van der Waals surface area contributed by atoms with Crippen LogP contribution in [0.3, 0.4) is 0 Å². The second-order valence-electron chi connectivity index (χ2n) is 6.79. The van der Waals surface area contributed by atoms with Crippen LogP contribution in [0.15, 0.2) is 42.9 Å². The molecule has 1 aliphatic heterocycles. The largest absolute Gasteiger partial charge is 0.491 e. The number of imidazole rings is 1. The van der Waals surface area contributed by atoms with E-state index in [1.807, 2.05) is 37.4 Å². The van der Waals surface area contributed by atoms with Crippen molar-refractivity contribution in [2.45, 2.75) is 12.5 Å². The first-order valence-electron chi connectivity index (χ1n) is 9.47. The Bertz CT molecular complexity index is 965. The Labute approximate surface area is 168 Å². The third-order valence-corrected chi connectivity index (χ3v) is 4.99. The molecule has 0 unspecified atom stereocenters. The number of rotatable bonds is 6. The number of anilines is 1. The smallest absolute Gasteiger partial charge is 0.322 e. The van der Waals surface area contributed by atoms with Crippen molar-refractivity contribution in [3.63, 3.8) is 0 Å².